The quantitative estimate of drug-likeness (QED) is 0.794. The van der Waals surface area contributed by atoms with E-state index >= 15 is 0 Å². The summed E-state index contributed by atoms with van der Waals surface area (Å²) in [5.41, 5.74) is 0.883. The summed E-state index contributed by atoms with van der Waals surface area (Å²) in [7, 11) is 2.16. The SMILES string of the molecule is CC(CNCc1ccsc1C(=O)O)N(C)C1CC1. The molecule has 1 atom stereocenters. The minimum atomic E-state index is -0.829. The minimum Gasteiger partial charge on any atom is -0.477 e. The van der Waals surface area contributed by atoms with Gasteiger partial charge in [-0.2, -0.15) is 0 Å². The predicted molar refractivity (Wildman–Crippen MR) is 73.2 cm³/mol. The second kappa shape index (κ2) is 5.82. The number of hydrogen-bond donors (Lipinski definition) is 2. The fraction of sp³-hybridized carbons (Fsp3) is 0.615. The Hall–Kier alpha value is -0.910. The van der Waals surface area contributed by atoms with Crippen molar-refractivity contribution in [1.29, 1.82) is 0 Å². The molecular formula is C13H20N2O2S. The Labute approximate surface area is 112 Å². The molecule has 0 aromatic carbocycles. The summed E-state index contributed by atoms with van der Waals surface area (Å²) in [6.45, 7) is 3.73. The largest absolute Gasteiger partial charge is 0.477 e. The molecule has 1 aliphatic carbocycles. The summed E-state index contributed by atoms with van der Waals surface area (Å²) in [5.74, 6) is -0.829. The average molecular weight is 268 g/mol. The third-order valence-corrected chi connectivity index (χ3v) is 4.46. The normalized spacial score (nSPS) is 17.1. The first kappa shape index (κ1) is 13.5. The van der Waals surface area contributed by atoms with Crippen molar-refractivity contribution in [3.05, 3.63) is 21.9 Å². The Balaban J connectivity index is 1.77. The minimum absolute atomic E-state index is 0.450. The Morgan fingerprint density at radius 3 is 3.00 bits per heavy atom. The number of carbonyl (C=O) groups is 1. The molecule has 1 unspecified atom stereocenters. The van der Waals surface area contributed by atoms with Crippen molar-refractivity contribution in [3.63, 3.8) is 0 Å². The zero-order chi connectivity index (χ0) is 13.1. The highest BCUT2D eigenvalue weighted by Crippen LogP contribution is 2.26. The lowest BCUT2D eigenvalue weighted by Gasteiger charge is -2.24. The molecule has 1 aromatic heterocycles. The van der Waals surface area contributed by atoms with E-state index in [4.69, 9.17) is 5.11 Å². The highest BCUT2D eigenvalue weighted by molar-refractivity contribution is 7.12. The lowest BCUT2D eigenvalue weighted by atomic mass is 10.2. The van der Waals surface area contributed by atoms with Crippen LogP contribution < -0.4 is 5.32 Å². The molecule has 0 amide bonds. The van der Waals surface area contributed by atoms with Crippen LogP contribution in [0.4, 0.5) is 0 Å². The summed E-state index contributed by atoms with van der Waals surface area (Å²) < 4.78 is 0. The molecule has 1 heterocycles. The molecule has 0 spiro atoms. The number of likely N-dealkylation sites (N-methyl/N-ethyl adjacent to an activating group) is 1. The summed E-state index contributed by atoms with van der Waals surface area (Å²) in [5, 5.41) is 14.2. The molecule has 0 saturated heterocycles. The van der Waals surface area contributed by atoms with Crippen molar-refractivity contribution >= 4 is 17.3 Å². The molecule has 2 rings (SSSR count). The summed E-state index contributed by atoms with van der Waals surface area (Å²) >= 11 is 1.29. The first-order valence-electron chi connectivity index (χ1n) is 6.32. The van der Waals surface area contributed by atoms with Crippen LogP contribution in [0.25, 0.3) is 0 Å². The highest BCUT2D eigenvalue weighted by Gasteiger charge is 2.28. The van der Waals surface area contributed by atoms with Crippen molar-refractivity contribution in [3.8, 4) is 0 Å². The Morgan fingerprint density at radius 2 is 2.39 bits per heavy atom. The molecule has 18 heavy (non-hydrogen) atoms. The van der Waals surface area contributed by atoms with E-state index in [1.165, 1.54) is 24.2 Å². The fourth-order valence-corrected chi connectivity index (χ4v) is 2.82. The molecular weight excluding hydrogens is 248 g/mol. The van der Waals surface area contributed by atoms with Crippen LogP contribution in [-0.4, -0.2) is 41.7 Å². The Kier molecular flexibility index (Phi) is 4.37. The van der Waals surface area contributed by atoms with Crippen LogP contribution in [-0.2, 0) is 6.54 Å². The van der Waals surface area contributed by atoms with Gasteiger partial charge in [-0.15, -0.1) is 11.3 Å². The van der Waals surface area contributed by atoms with Gasteiger partial charge in [0, 0.05) is 25.2 Å². The van der Waals surface area contributed by atoms with E-state index in [-0.39, 0.29) is 0 Å². The van der Waals surface area contributed by atoms with Crippen molar-refractivity contribution in [2.45, 2.75) is 38.4 Å². The van der Waals surface area contributed by atoms with Gasteiger partial charge in [0.2, 0.25) is 0 Å². The highest BCUT2D eigenvalue weighted by atomic mass is 32.1. The summed E-state index contributed by atoms with van der Waals surface area (Å²) in [4.78, 5) is 13.8. The van der Waals surface area contributed by atoms with Gasteiger partial charge in [-0.05, 0) is 43.8 Å². The molecule has 0 bridgehead atoms. The van der Waals surface area contributed by atoms with Crippen LogP contribution in [0.1, 0.15) is 35.0 Å². The van der Waals surface area contributed by atoms with E-state index in [0.717, 1.165) is 18.2 Å². The third kappa shape index (κ3) is 3.31. The van der Waals surface area contributed by atoms with Crippen molar-refractivity contribution < 1.29 is 9.90 Å². The Morgan fingerprint density at radius 1 is 1.67 bits per heavy atom. The van der Waals surface area contributed by atoms with Gasteiger partial charge >= 0.3 is 5.97 Å². The van der Waals surface area contributed by atoms with E-state index in [1.54, 1.807) is 0 Å². The number of hydrogen-bond acceptors (Lipinski definition) is 4. The van der Waals surface area contributed by atoms with E-state index in [2.05, 4.69) is 24.2 Å². The van der Waals surface area contributed by atoms with E-state index < -0.39 is 5.97 Å². The first-order chi connectivity index (χ1) is 8.59. The maximum absolute atomic E-state index is 11.0. The molecule has 0 radical (unpaired) electrons. The number of carboxylic acids is 1. The van der Waals surface area contributed by atoms with Gasteiger partial charge in [0.1, 0.15) is 4.88 Å². The zero-order valence-corrected chi connectivity index (χ0v) is 11.7. The monoisotopic (exact) mass is 268 g/mol. The maximum atomic E-state index is 11.0. The number of nitrogens with one attached hydrogen (secondary N) is 1. The van der Waals surface area contributed by atoms with E-state index in [0.29, 0.717) is 17.5 Å². The molecule has 100 valence electrons. The van der Waals surface area contributed by atoms with Gasteiger partial charge in [0.15, 0.2) is 0 Å². The van der Waals surface area contributed by atoms with Crippen LogP contribution >= 0.6 is 11.3 Å². The molecule has 2 N–H and O–H groups in total. The third-order valence-electron chi connectivity index (χ3n) is 3.51. The smallest absolute Gasteiger partial charge is 0.346 e. The Bertz CT molecular complexity index is 415. The number of nitrogens with zero attached hydrogens (tertiary/aromatic N) is 1. The summed E-state index contributed by atoms with van der Waals surface area (Å²) in [6.07, 6.45) is 2.63. The van der Waals surface area contributed by atoms with Crippen molar-refractivity contribution in [2.24, 2.45) is 0 Å². The number of aromatic carboxylic acids is 1. The van der Waals surface area contributed by atoms with Gasteiger partial charge in [0.05, 0.1) is 0 Å². The van der Waals surface area contributed by atoms with Gasteiger partial charge in [-0.1, -0.05) is 0 Å². The van der Waals surface area contributed by atoms with E-state index in [9.17, 15) is 4.79 Å². The van der Waals surface area contributed by atoms with Gasteiger partial charge in [-0.3, -0.25) is 4.90 Å². The van der Waals surface area contributed by atoms with Crippen LogP contribution in [0.2, 0.25) is 0 Å². The maximum Gasteiger partial charge on any atom is 0.346 e. The van der Waals surface area contributed by atoms with Gasteiger partial charge in [-0.25, -0.2) is 4.79 Å². The van der Waals surface area contributed by atoms with E-state index in [1.807, 2.05) is 11.4 Å². The topological polar surface area (TPSA) is 52.6 Å². The number of rotatable bonds is 7. The molecule has 5 heteroatoms. The van der Waals surface area contributed by atoms with Crippen LogP contribution in [0.5, 0.6) is 0 Å². The summed E-state index contributed by atoms with van der Waals surface area (Å²) in [6, 6.07) is 3.14. The molecule has 1 aromatic rings. The fourth-order valence-electron chi connectivity index (χ4n) is 2.06. The molecule has 1 saturated carbocycles. The van der Waals surface area contributed by atoms with Crippen molar-refractivity contribution in [2.75, 3.05) is 13.6 Å². The molecule has 4 nitrogen and oxygen atoms in total. The number of thiophene rings is 1. The lowest BCUT2D eigenvalue weighted by molar-refractivity contribution is 0.0701. The van der Waals surface area contributed by atoms with Crippen LogP contribution in [0, 0.1) is 0 Å². The molecule has 0 aliphatic heterocycles. The van der Waals surface area contributed by atoms with Gasteiger partial charge in [0.25, 0.3) is 0 Å². The second-order valence-corrected chi connectivity index (χ2v) is 5.87. The van der Waals surface area contributed by atoms with Crippen molar-refractivity contribution in [1.82, 2.24) is 10.2 Å². The van der Waals surface area contributed by atoms with Gasteiger partial charge < -0.3 is 10.4 Å². The number of carboxylic acid groups (broad SMARTS) is 1. The standard InChI is InChI=1S/C13H20N2O2S/c1-9(15(2)11-3-4-11)7-14-8-10-5-6-18-12(10)13(16)17/h5-6,9,11,14H,3-4,7-8H2,1-2H3,(H,16,17). The first-order valence-corrected chi connectivity index (χ1v) is 7.20. The van der Waals surface area contributed by atoms with Crippen LogP contribution in [0.15, 0.2) is 11.4 Å². The lowest BCUT2D eigenvalue weighted by Crippen LogP contribution is -2.39. The molecule has 1 aliphatic rings. The van der Waals surface area contributed by atoms with Crippen LogP contribution in [0.3, 0.4) is 0 Å². The average Bonchev–Trinajstić information content (AvgIpc) is 3.07. The molecule has 1 fully saturated rings. The second-order valence-electron chi connectivity index (χ2n) is 4.96. The predicted octanol–water partition coefficient (Wildman–Crippen LogP) is 2.02. The zero-order valence-electron chi connectivity index (χ0n) is 10.8.